The summed E-state index contributed by atoms with van der Waals surface area (Å²) < 4.78 is 5.37. The van der Waals surface area contributed by atoms with Crippen molar-refractivity contribution in [2.24, 2.45) is 4.99 Å². The number of phenols is 1. The highest BCUT2D eigenvalue weighted by Gasteiger charge is 2.23. The molecular formula is C19H18N2O3S. The number of hydrogen-bond donors (Lipinski definition) is 2. The molecule has 1 fully saturated rings. The van der Waals surface area contributed by atoms with Gasteiger partial charge in [0.15, 0.2) is 16.7 Å². The summed E-state index contributed by atoms with van der Waals surface area (Å²) in [5, 5.41) is 13.1. The van der Waals surface area contributed by atoms with Gasteiger partial charge < -0.3 is 15.2 Å². The summed E-state index contributed by atoms with van der Waals surface area (Å²) >= 11 is 1.30. The van der Waals surface area contributed by atoms with Gasteiger partial charge in [-0.25, -0.2) is 0 Å². The van der Waals surface area contributed by atoms with Crippen molar-refractivity contribution in [1.29, 1.82) is 0 Å². The van der Waals surface area contributed by atoms with E-state index < -0.39 is 0 Å². The quantitative estimate of drug-likeness (QED) is 0.806. The molecule has 2 N–H and O–H groups in total. The molecule has 1 heterocycles. The zero-order valence-corrected chi connectivity index (χ0v) is 14.5. The molecule has 0 unspecified atom stereocenters. The van der Waals surface area contributed by atoms with Crippen LogP contribution in [-0.4, -0.2) is 22.8 Å². The molecule has 6 heteroatoms. The van der Waals surface area contributed by atoms with Crippen LogP contribution in [0.4, 0.5) is 0 Å². The minimum absolute atomic E-state index is 0.0811. The Hall–Kier alpha value is -2.73. The van der Waals surface area contributed by atoms with Crippen LogP contribution in [-0.2, 0) is 11.3 Å². The number of nitrogens with zero attached hydrogens (tertiary/aromatic N) is 1. The number of amides is 1. The van der Waals surface area contributed by atoms with Gasteiger partial charge >= 0.3 is 0 Å². The van der Waals surface area contributed by atoms with E-state index in [1.165, 1.54) is 11.8 Å². The summed E-state index contributed by atoms with van der Waals surface area (Å²) in [6.45, 7) is 2.82. The van der Waals surface area contributed by atoms with Crippen molar-refractivity contribution in [3.8, 4) is 11.5 Å². The lowest BCUT2D eigenvalue weighted by molar-refractivity contribution is -0.115. The van der Waals surface area contributed by atoms with E-state index in [4.69, 9.17) is 4.74 Å². The third-order valence-corrected chi connectivity index (χ3v) is 4.43. The molecule has 1 aliphatic heterocycles. The Morgan fingerprint density at radius 3 is 2.80 bits per heavy atom. The lowest BCUT2D eigenvalue weighted by atomic mass is 10.2. The van der Waals surface area contributed by atoms with Gasteiger partial charge in [0.2, 0.25) is 0 Å². The van der Waals surface area contributed by atoms with Crippen molar-refractivity contribution in [2.45, 2.75) is 13.5 Å². The standard InChI is InChI=1S/C19H18N2O3S/c1-2-24-16-10-14(8-9-15(16)22)11-17-18(23)21-19(25-17)20-12-13-6-4-3-5-7-13/h3-11,22H,2,12H2,1H3,(H,20,21,23)/b17-11-. The van der Waals surface area contributed by atoms with E-state index in [-0.39, 0.29) is 11.7 Å². The monoisotopic (exact) mass is 354 g/mol. The van der Waals surface area contributed by atoms with E-state index in [0.29, 0.717) is 29.0 Å². The van der Waals surface area contributed by atoms with E-state index in [1.54, 1.807) is 24.3 Å². The average molecular weight is 354 g/mol. The summed E-state index contributed by atoms with van der Waals surface area (Å²) in [5.74, 6) is 0.304. The lowest BCUT2D eigenvalue weighted by Crippen LogP contribution is -2.19. The highest BCUT2D eigenvalue weighted by molar-refractivity contribution is 8.18. The largest absolute Gasteiger partial charge is 0.504 e. The number of rotatable bonds is 5. The number of nitrogens with one attached hydrogen (secondary N) is 1. The first-order valence-electron chi connectivity index (χ1n) is 7.91. The number of aromatic hydroxyl groups is 1. The van der Waals surface area contributed by atoms with Crippen molar-refractivity contribution < 1.29 is 14.6 Å². The fourth-order valence-corrected chi connectivity index (χ4v) is 3.11. The maximum absolute atomic E-state index is 12.1. The van der Waals surface area contributed by atoms with E-state index in [2.05, 4.69) is 10.3 Å². The van der Waals surface area contributed by atoms with E-state index in [1.807, 2.05) is 37.3 Å². The third kappa shape index (κ3) is 4.42. The van der Waals surface area contributed by atoms with Crippen LogP contribution in [0, 0.1) is 0 Å². The lowest BCUT2D eigenvalue weighted by Gasteiger charge is -2.06. The van der Waals surface area contributed by atoms with Crippen LogP contribution in [0.3, 0.4) is 0 Å². The van der Waals surface area contributed by atoms with Gasteiger partial charge in [-0.1, -0.05) is 36.4 Å². The van der Waals surface area contributed by atoms with Gasteiger partial charge in [-0.05, 0) is 48.0 Å². The Morgan fingerprint density at radius 1 is 1.24 bits per heavy atom. The Bertz CT molecular complexity index is 832. The second-order valence-electron chi connectivity index (χ2n) is 5.33. The Balaban J connectivity index is 1.74. The zero-order chi connectivity index (χ0) is 17.6. The predicted molar refractivity (Wildman–Crippen MR) is 101 cm³/mol. The molecule has 1 saturated heterocycles. The molecule has 25 heavy (non-hydrogen) atoms. The predicted octanol–water partition coefficient (Wildman–Crippen LogP) is 3.55. The topological polar surface area (TPSA) is 70.9 Å². The number of carbonyl (C=O) groups is 1. The summed E-state index contributed by atoms with van der Waals surface area (Å²) in [5.41, 5.74) is 1.87. The second kappa shape index (κ2) is 7.90. The molecular weight excluding hydrogens is 336 g/mol. The number of aliphatic imine (C=N–C) groups is 1. The highest BCUT2D eigenvalue weighted by Crippen LogP contribution is 2.31. The first kappa shape index (κ1) is 17.1. The maximum atomic E-state index is 12.1. The minimum Gasteiger partial charge on any atom is -0.504 e. The summed E-state index contributed by atoms with van der Waals surface area (Å²) in [6.07, 6.45) is 1.76. The molecule has 1 aliphatic rings. The van der Waals surface area contributed by atoms with Crippen molar-refractivity contribution in [2.75, 3.05) is 6.61 Å². The number of phenolic OH excluding ortho intramolecular Hbond substituents is 1. The molecule has 0 atom stereocenters. The van der Waals surface area contributed by atoms with Crippen LogP contribution in [0.2, 0.25) is 0 Å². The van der Waals surface area contributed by atoms with Crippen molar-refractivity contribution >= 4 is 28.9 Å². The third-order valence-electron chi connectivity index (χ3n) is 3.48. The summed E-state index contributed by atoms with van der Waals surface area (Å²) in [7, 11) is 0. The van der Waals surface area contributed by atoms with Crippen LogP contribution in [0.1, 0.15) is 18.1 Å². The molecule has 2 aromatic carbocycles. The van der Waals surface area contributed by atoms with Crippen molar-refractivity contribution in [3.05, 3.63) is 64.6 Å². The normalized spacial score (nSPS) is 17.1. The first-order valence-corrected chi connectivity index (χ1v) is 8.72. The van der Waals surface area contributed by atoms with Crippen LogP contribution in [0.15, 0.2) is 58.4 Å². The first-order chi connectivity index (χ1) is 12.2. The number of ether oxygens (including phenoxy) is 1. The van der Waals surface area contributed by atoms with Crippen LogP contribution in [0.25, 0.3) is 6.08 Å². The van der Waals surface area contributed by atoms with Gasteiger partial charge in [0, 0.05) is 0 Å². The molecule has 1 amide bonds. The van der Waals surface area contributed by atoms with Gasteiger partial charge in [0.1, 0.15) is 0 Å². The minimum atomic E-state index is -0.178. The summed E-state index contributed by atoms with van der Waals surface area (Å²) in [6, 6.07) is 14.9. The molecule has 0 spiro atoms. The maximum Gasteiger partial charge on any atom is 0.264 e. The van der Waals surface area contributed by atoms with Crippen molar-refractivity contribution in [3.63, 3.8) is 0 Å². The van der Waals surface area contributed by atoms with Gasteiger partial charge in [-0.15, -0.1) is 0 Å². The van der Waals surface area contributed by atoms with Gasteiger partial charge in [-0.3, -0.25) is 9.79 Å². The fourth-order valence-electron chi connectivity index (χ4n) is 2.29. The van der Waals surface area contributed by atoms with Gasteiger partial charge in [0.05, 0.1) is 18.1 Å². The Labute approximate surface area is 150 Å². The smallest absolute Gasteiger partial charge is 0.264 e. The van der Waals surface area contributed by atoms with E-state index >= 15 is 0 Å². The Morgan fingerprint density at radius 2 is 2.04 bits per heavy atom. The number of amidine groups is 1. The van der Waals surface area contributed by atoms with Crippen LogP contribution in [0.5, 0.6) is 11.5 Å². The fraction of sp³-hybridized carbons (Fsp3) is 0.158. The van der Waals surface area contributed by atoms with Crippen LogP contribution < -0.4 is 10.1 Å². The molecule has 0 radical (unpaired) electrons. The molecule has 0 bridgehead atoms. The zero-order valence-electron chi connectivity index (χ0n) is 13.7. The number of thioether (sulfide) groups is 1. The number of carbonyl (C=O) groups excluding carboxylic acids is 1. The molecule has 5 nitrogen and oxygen atoms in total. The number of hydrogen-bond acceptors (Lipinski definition) is 5. The molecule has 3 rings (SSSR count). The van der Waals surface area contributed by atoms with Gasteiger partial charge in [-0.2, -0.15) is 0 Å². The van der Waals surface area contributed by atoms with Crippen molar-refractivity contribution in [1.82, 2.24) is 5.32 Å². The number of benzene rings is 2. The molecule has 128 valence electrons. The molecule has 0 aliphatic carbocycles. The highest BCUT2D eigenvalue weighted by atomic mass is 32.2. The second-order valence-corrected chi connectivity index (χ2v) is 6.36. The van der Waals surface area contributed by atoms with Gasteiger partial charge in [0.25, 0.3) is 5.91 Å². The van der Waals surface area contributed by atoms with E-state index in [9.17, 15) is 9.90 Å². The molecule has 0 saturated carbocycles. The van der Waals surface area contributed by atoms with Crippen LogP contribution >= 0.6 is 11.8 Å². The SMILES string of the molecule is CCOc1cc(/C=C2\SC(=NCc3ccccc3)NC2=O)ccc1O. The average Bonchev–Trinajstić information content (AvgIpc) is 2.97. The molecule has 0 aromatic heterocycles. The van der Waals surface area contributed by atoms with E-state index in [0.717, 1.165) is 11.1 Å². The summed E-state index contributed by atoms with van der Waals surface area (Å²) in [4.78, 5) is 17.1. The Kier molecular flexibility index (Phi) is 5.40. The molecule has 2 aromatic rings.